The SMILES string of the molecule is COc1cc2c(-c3ccc4c(c3)CCN(S(N)(=O)=O)C4)n[nH]c(=O)c2cc1OC.Cl. The van der Waals surface area contributed by atoms with Crippen LogP contribution < -0.4 is 20.2 Å². The zero-order chi connectivity index (χ0) is 20.8. The van der Waals surface area contributed by atoms with Crippen molar-refractivity contribution in [2.45, 2.75) is 13.0 Å². The number of H-pyrrole nitrogens is 1. The van der Waals surface area contributed by atoms with Gasteiger partial charge in [0.05, 0.1) is 25.3 Å². The molecule has 2 heterocycles. The summed E-state index contributed by atoms with van der Waals surface area (Å²) in [5.41, 5.74) is 2.98. The summed E-state index contributed by atoms with van der Waals surface area (Å²) in [5.74, 6) is 0.951. The van der Waals surface area contributed by atoms with Crippen molar-refractivity contribution in [3.8, 4) is 22.8 Å². The second-order valence-electron chi connectivity index (χ2n) is 6.77. The summed E-state index contributed by atoms with van der Waals surface area (Å²) in [5, 5.41) is 13.1. The first-order valence-corrected chi connectivity index (χ1v) is 10.4. The van der Waals surface area contributed by atoms with E-state index in [4.69, 9.17) is 14.6 Å². The average molecular weight is 453 g/mol. The van der Waals surface area contributed by atoms with Gasteiger partial charge in [-0.25, -0.2) is 10.2 Å². The first kappa shape index (κ1) is 22.0. The van der Waals surface area contributed by atoms with Crippen LogP contribution in [0.4, 0.5) is 0 Å². The Kier molecular flexibility index (Phi) is 6.04. The number of nitrogens with zero attached hydrogens (tertiary/aromatic N) is 2. The van der Waals surface area contributed by atoms with E-state index in [0.29, 0.717) is 40.9 Å². The smallest absolute Gasteiger partial charge is 0.277 e. The number of hydrogen-bond donors (Lipinski definition) is 2. The van der Waals surface area contributed by atoms with E-state index in [-0.39, 0.29) is 24.5 Å². The number of fused-ring (bicyclic) bond motifs is 2. The number of methoxy groups -OCH3 is 2. The molecule has 160 valence electrons. The minimum absolute atomic E-state index is 0. The summed E-state index contributed by atoms with van der Waals surface area (Å²) in [4.78, 5) is 12.3. The van der Waals surface area contributed by atoms with Gasteiger partial charge in [0.2, 0.25) is 0 Å². The summed E-state index contributed by atoms with van der Waals surface area (Å²) in [6.45, 7) is 0.555. The van der Waals surface area contributed by atoms with E-state index in [9.17, 15) is 13.2 Å². The fourth-order valence-corrected chi connectivity index (χ4v) is 4.27. The first-order valence-electron chi connectivity index (χ1n) is 8.86. The Bertz CT molecular complexity index is 1280. The van der Waals surface area contributed by atoms with Crippen LogP contribution in [0.25, 0.3) is 22.0 Å². The third-order valence-electron chi connectivity index (χ3n) is 5.11. The molecule has 0 spiro atoms. The van der Waals surface area contributed by atoms with E-state index in [1.807, 2.05) is 18.2 Å². The molecular formula is C19H21ClN4O5S. The van der Waals surface area contributed by atoms with Crippen LogP contribution >= 0.6 is 12.4 Å². The number of hydrogen-bond acceptors (Lipinski definition) is 6. The van der Waals surface area contributed by atoms with Gasteiger partial charge in [-0.05, 0) is 35.7 Å². The van der Waals surface area contributed by atoms with Crippen LogP contribution in [-0.4, -0.2) is 43.7 Å². The van der Waals surface area contributed by atoms with Crippen molar-refractivity contribution in [3.05, 3.63) is 51.8 Å². The van der Waals surface area contributed by atoms with Crippen LogP contribution in [0.5, 0.6) is 11.5 Å². The lowest BCUT2D eigenvalue weighted by Gasteiger charge is -2.26. The second-order valence-corrected chi connectivity index (χ2v) is 8.31. The molecule has 4 rings (SSSR count). The highest BCUT2D eigenvalue weighted by molar-refractivity contribution is 7.86. The third-order valence-corrected chi connectivity index (χ3v) is 6.14. The fourth-order valence-electron chi connectivity index (χ4n) is 3.60. The standard InChI is InChI=1S/C19H20N4O5S.ClH/c1-27-16-8-14-15(9-17(16)28-2)19(24)22-21-18(14)12-3-4-13-10-23(29(20,25)26)6-5-11(13)7-12;/h3-4,7-9H,5-6,10H2,1-2H3,(H,22,24)(H2,20,25,26);1H. The van der Waals surface area contributed by atoms with Crippen molar-refractivity contribution in [2.75, 3.05) is 20.8 Å². The molecule has 2 aromatic carbocycles. The molecule has 0 saturated carbocycles. The van der Waals surface area contributed by atoms with Crippen LogP contribution in [0.3, 0.4) is 0 Å². The Morgan fingerprint density at radius 2 is 1.73 bits per heavy atom. The van der Waals surface area contributed by atoms with Crippen molar-refractivity contribution in [1.29, 1.82) is 0 Å². The molecule has 30 heavy (non-hydrogen) atoms. The fraction of sp³-hybridized carbons (Fsp3) is 0.263. The maximum Gasteiger partial charge on any atom is 0.277 e. The predicted octanol–water partition coefficient (Wildman–Crippen LogP) is 1.59. The quantitative estimate of drug-likeness (QED) is 0.618. The molecule has 3 N–H and O–H groups in total. The van der Waals surface area contributed by atoms with Crippen LogP contribution in [0, 0.1) is 0 Å². The van der Waals surface area contributed by atoms with Crippen molar-refractivity contribution in [1.82, 2.24) is 14.5 Å². The van der Waals surface area contributed by atoms with Gasteiger partial charge in [0, 0.05) is 24.0 Å². The van der Waals surface area contributed by atoms with Gasteiger partial charge < -0.3 is 9.47 Å². The van der Waals surface area contributed by atoms with Crippen molar-refractivity contribution < 1.29 is 17.9 Å². The molecule has 0 atom stereocenters. The maximum atomic E-state index is 12.3. The highest BCUT2D eigenvalue weighted by atomic mass is 35.5. The Morgan fingerprint density at radius 3 is 2.37 bits per heavy atom. The topological polar surface area (TPSA) is 128 Å². The van der Waals surface area contributed by atoms with E-state index in [2.05, 4.69) is 10.2 Å². The van der Waals surface area contributed by atoms with Gasteiger partial charge in [0.1, 0.15) is 0 Å². The molecule has 0 radical (unpaired) electrons. The average Bonchev–Trinajstić information content (AvgIpc) is 2.71. The lowest BCUT2D eigenvalue weighted by atomic mass is 9.95. The van der Waals surface area contributed by atoms with Crippen molar-refractivity contribution in [2.24, 2.45) is 5.14 Å². The van der Waals surface area contributed by atoms with Crippen LogP contribution in [0.15, 0.2) is 35.1 Å². The molecule has 0 saturated heterocycles. The molecule has 9 nitrogen and oxygen atoms in total. The molecule has 11 heteroatoms. The molecule has 1 aliphatic rings. The summed E-state index contributed by atoms with van der Waals surface area (Å²) in [6.07, 6.45) is 0.540. The summed E-state index contributed by atoms with van der Waals surface area (Å²) in [7, 11) is -0.687. The van der Waals surface area contributed by atoms with E-state index in [1.165, 1.54) is 18.5 Å². The highest BCUT2D eigenvalue weighted by Gasteiger charge is 2.24. The number of rotatable bonds is 4. The number of halogens is 1. The molecule has 1 aromatic heterocycles. The van der Waals surface area contributed by atoms with Gasteiger partial charge in [0.25, 0.3) is 15.8 Å². The number of nitrogens with two attached hydrogens (primary N) is 1. The van der Waals surface area contributed by atoms with Crippen LogP contribution in [0.1, 0.15) is 11.1 Å². The molecule has 1 aliphatic heterocycles. The van der Waals surface area contributed by atoms with Gasteiger partial charge in [-0.3, -0.25) is 4.79 Å². The summed E-state index contributed by atoms with van der Waals surface area (Å²) in [6, 6.07) is 9.03. The van der Waals surface area contributed by atoms with Gasteiger partial charge >= 0.3 is 0 Å². The van der Waals surface area contributed by atoms with Gasteiger partial charge in [-0.2, -0.15) is 17.8 Å². The maximum absolute atomic E-state index is 12.3. The van der Waals surface area contributed by atoms with Crippen LogP contribution in [-0.2, 0) is 23.2 Å². The monoisotopic (exact) mass is 452 g/mol. The van der Waals surface area contributed by atoms with Crippen molar-refractivity contribution >= 4 is 33.4 Å². The Labute approximate surface area is 179 Å². The third kappa shape index (κ3) is 3.86. The molecule has 0 fully saturated rings. The minimum Gasteiger partial charge on any atom is -0.493 e. The van der Waals surface area contributed by atoms with E-state index >= 15 is 0 Å². The first-order chi connectivity index (χ1) is 13.8. The van der Waals surface area contributed by atoms with Gasteiger partial charge in [0.15, 0.2) is 11.5 Å². The van der Waals surface area contributed by atoms with Crippen molar-refractivity contribution in [3.63, 3.8) is 0 Å². The lowest BCUT2D eigenvalue weighted by molar-refractivity contribution is 0.356. The number of nitrogens with one attached hydrogen (secondary N) is 1. The number of aromatic amines is 1. The summed E-state index contributed by atoms with van der Waals surface area (Å²) < 4.78 is 35.1. The number of ether oxygens (including phenoxy) is 2. The number of aromatic nitrogens is 2. The lowest BCUT2D eigenvalue weighted by Crippen LogP contribution is -2.40. The highest BCUT2D eigenvalue weighted by Crippen LogP contribution is 2.35. The number of benzene rings is 2. The molecule has 3 aromatic rings. The second kappa shape index (κ2) is 8.23. The largest absolute Gasteiger partial charge is 0.493 e. The Morgan fingerprint density at radius 1 is 1.07 bits per heavy atom. The minimum atomic E-state index is -3.72. The molecule has 0 unspecified atom stereocenters. The van der Waals surface area contributed by atoms with E-state index in [0.717, 1.165) is 16.7 Å². The molecular weight excluding hydrogens is 432 g/mol. The van der Waals surface area contributed by atoms with Crippen LogP contribution in [0.2, 0.25) is 0 Å². The Hall–Kier alpha value is -2.66. The Balaban J connectivity index is 0.00000256. The van der Waals surface area contributed by atoms with Gasteiger partial charge in [-0.15, -0.1) is 12.4 Å². The van der Waals surface area contributed by atoms with E-state index < -0.39 is 10.2 Å². The van der Waals surface area contributed by atoms with E-state index in [1.54, 1.807) is 12.1 Å². The molecule has 0 amide bonds. The molecule has 0 bridgehead atoms. The zero-order valence-electron chi connectivity index (χ0n) is 16.3. The normalized spacial score (nSPS) is 14.1. The zero-order valence-corrected chi connectivity index (χ0v) is 18.0. The predicted molar refractivity (Wildman–Crippen MR) is 115 cm³/mol. The van der Waals surface area contributed by atoms with Gasteiger partial charge in [-0.1, -0.05) is 12.1 Å². The molecule has 0 aliphatic carbocycles. The summed E-state index contributed by atoms with van der Waals surface area (Å²) >= 11 is 0.